The van der Waals surface area contributed by atoms with Crippen molar-refractivity contribution in [1.29, 1.82) is 0 Å². The van der Waals surface area contributed by atoms with Crippen LogP contribution in [0.3, 0.4) is 0 Å². The average Bonchev–Trinajstić information content (AvgIpc) is 3.48. The highest BCUT2D eigenvalue weighted by Crippen LogP contribution is 2.43. The zero-order chi connectivity index (χ0) is 17.2. The van der Waals surface area contributed by atoms with Gasteiger partial charge in [-0.05, 0) is 18.2 Å². The summed E-state index contributed by atoms with van der Waals surface area (Å²) < 4.78 is 22.0. The van der Waals surface area contributed by atoms with E-state index in [0.29, 0.717) is 31.0 Å². The van der Waals surface area contributed by atoms with Crippen LogP contribution < -0.4 is 9.47 Å². The Kier molecular flexibility index (Phi) is 4.34. The number of ether oxygens (including phenoxy) is 4. The second-order valence-electron chi connectivity index (χ2n) is 6.01. The van der Waals surface area contributed by atoms with Crippen molar-refractivity contribution >= 4 is 21.5 Å². The van der Waals surface area contributed by atoms with Gasteiger partial charge in [0.05, 0.1) is 26.9 Å². The van der Waals surface area contributed by atoms with Crippen LogP contribution in [0, 0.1) is 0 Å². The largest absolute Gasteiger partial charge is 0.507 e. The summed E-state index contributed by atoms with van der Waals surface area (Å²) in [6, 6.07) is 13.3. The number of phenols is 1. The molecule has 1 heterocycles. The molecule has 5 heteroatoms. The maximum atomic E-state index is 10.7. The molecule has 130 valence electrons. The third-order valence-electron chi connectivity index (χ3n) is 4.33. The summed E-state index contributed by atoms with van der Waals surface area (Å²) in [6.45, 7) is 2.32. The molecule has 25 heavy (non-hydrogen) atoms. The molecular formula is C20H20O5. The van der Waals surface area contributed by atoms with E-state index in [9.17, 15) is 5.11 Å². The molecule has 3 aromatic carbocycles. The van der Waals surface area contributed by atoms with E-state index in [1.165, 1.54) is 0 Å². The monoisotopic (exact) mass is 340 g/mol. The second-order valence-corrected chi connectivity index (χ2v) is 6.01. The minimum absolute atomic E-state index is 0.235. The van der Waals surface area contributed by atoms with Crippen LogP contribution in [0.4, 0.5) is 0 Å². The van der Waals surface area contributed by atoms with Gasteiger partial charge in [0.15, 0.2) is 0 Å². The van der Waals surface area contributed by atoms with E-state index in [2.05, 4.69) is 0 Å². The van der Waals surface area contributed by atoms with Crippen LogP contribution >= 0.6 is 0 Å². The van der Waals surface area contributed by atoms with Crippen LogP contribution in [0.1, 0.15) is 0 Å². The Labute approximate surface area is 145 Å². The first-order chi connectivity index (χ1) is 12.3. The van der Waals surface area contributed by atoms with E-state index in [1.807, 2.05) is 42.5 Å². The molecule has 1 aliphatic heterocycles. The number of methoxy groups -OCH3 is 1. The third-order valence-corrected chi connectivity index (χ3v) is 4.33. The maximum Gasteiger partial charge on any atom is 0.135 e. The molecule has 1 atom stereocenters. The number of fused-ring (bicyclic) bond motifs is 2. The summed E-state index contributed by atoms with van der Waals surface area (Å²) in [4.78, 5) is 0. The Hall–Kier alpha value is -2.50. The van der Waals surface area contributed by atoms with E-state index in [0.717, 1.165) is 28.5 Å². The molecular weight excluding hydrogens is 320 g/mol. The van der Waals surface area contributed by atoms with E-state index in [-0.39, 0.29) is 11.9 Å². The lowest BCUT2D eigenvalue weighted by Crippen LogP contribution is -2.10. The van der Waals surface area contributed by atoms with Crippen molar-refractivity contribution in [2.24, 2.45) is 0 Å². The minimum atomic E-state index is 0.235. The van der Waals surface area contributed by atoms with Gasteiger partial charge in [0.25, 0.3) is 0 Å². The number of epoxide rings is 1. The van der Waals surface area contributed by atoms with Gasteiger partial charge in [-0.1, -0.05) is 24.3 Å². The molecule has 4 rings (SSSR count). The van der Waals surface area contributed by atoms with Crippen molar-refractivity contribution < 1.29 is 24.1 Å². The van der Waals surface area contributed by atoms with Gasteiger partial charge >= 0.3 is 0 Å². The zero-order valence-corrected chi connectivity index (χ0v) is 14.0. The van der Waals surface area contributed by atoms with E-state index >= 15 is 0 Å². The first-order valence-electron chi connectivity index (χ1n) is 8.31. The van der Waals surface area contributed by atoms with Gasteiger partial charge in [0.2, 0.25) is 0 Å². The maximum absolute atomic E-state index is 10.7. The van der Waals surface area contributed by atoms with E-state index in [1.54, 1.807) is 7.11 Å². The SMILES string of the molecule is COc1ccc2c(OCCOCC3CO3)c3ccccc3c(O)c2c1. The van der Waals surface area contributed by atoms with Gasteiger partial charge in [-0.2, -0.15) is 0 Å². The molecule has 0 radical (unpaired) electrons. The Morgan fingerprint density at radius 3 is 2.56 bits per heavy atom. The van der Waals surface area contributed by atoms with Gasteiger partial charge in [0.1, 0.15) is 30.0 Å². The van der Waals surface area contributed by atoms with Crippen molar-refractivity contribution in [3.63, 3.8) is 0 Å². The molecule has 1 unspecified atom stereocenters. The molecule has 0 spiro atoms. The van der Waals surface area contributed by atoms with Crippen molar-refractivity contribution in [3.05, 3.63) is 42.5 Å². The van der Waals surface area contributed by atoms with Gasteiger partial charge in [-0.3, -0.25) is 0 Å². The molecule has 1 fully saturated rings. The standard InChI is InChI=1S/C20H20O5/c1-22-13-6-7-17-18(10-13)19(21)15-4-2-3-5-16(15)20(17)24-9-8-23-11-14-12-25-14/h2-7,10,14,21H,8-9,11-12H2,1H3. The number of hydrogen-bond donors (Lipinski definition) is 1. The molecule has 0 bridgehead atoms. The van der Waals surface area contributed by atoms with Gasteiger partial charge in [0, 0.05) is 21.5 Å². The first kappa shape index (κ1) is 16.0. The molecule has 0 saturated carbocycles. The quantitative estimate of drug-likeness (QED) is 0.405. The lowest BCUT2D eigenvalue weighted by atomic mass is 10.0. The zero-order valence-electron chi connectivity index (χ0n) is 14.0. The summed E-state index contributed by atoms with van der Waals surface area (Å²) in [7, 11) is 1.61. The summed E-state index contributed by atoms with van der Waals surface area (Å²) in [5.74, 6) is 1.67. The molecule has 0 aromatic heterocycles. The van der Waals surface area contributed by atoms with Crippen LogP contribution in [-0.2, 0) is 9.47 Å². The number of benzene rings is 3. The Balaban J connectivity index is 1.69. The van der Waals surface area contributed by atoms with Crippen molar-refractivity contribution in [3.8, 4) is 17.2 Å². The molecule has 3 aromatic rings. The smallest absolute Gasteiger partial charge is 0.135 e. The fourth-order valence-electron chi connectivity index (χ4n) is 2.96. The summed E-state index contributed by atoms with van der Waals surface area (Å²) in [5.41, 5.74) is 0. The minimum Gasteiger partial charge on any atom is -0.507 e. The fourth-order valence-corrected chi connectivity index (χ4v) is 2.96. The first-order valence-corrected chi connectivity index (χ1v) is 8.31. The molecule has 0 amide bonds. The molecule has 1 N–H and O–H groups in total. The normalized spacial score (nSPS) is 16.3. The highest BCUT2D eigenvalue weighted by atomic mass is 16.6. The van der Waals surface area contributed by atoms with Gasteiger partial charge in [-0.25, -0.2) is 0 Å². The van der Waals surface area contributed by atoms with Crippen molar-refractivity contribution in [2.75, 3.05) is 33.5 Å². The summed E-state index contributed by atoms with van der Waals surface area (Å²) in [5, 5.41) is 13.9. The van der Waals surface area contributed by atoms with Gasteiger partial charge in [-0.15, -0.1) is 0 Å². The fraction of sp³-hybridized carbons (Fsp3) is 0.300. The highest BCUT2D eigenvalue weighted by molar-refractivity contribution is 6.11. The van der Waals surface area contributed by atoms with Crippen LogP contribution in [0.25, 0.3) is 21.5 Å². The van der Waals surface area contributed by atoms with Crippen molar-refractivity contribution in [1.82, 2.24) is 0 Å². The summed E-state index contributed by atoms with van der Waals surface area (Å²) in [6.07, 6.45) is 0.253. The lowest BCUT2D eigenvalue weighted by Gasteiger charge is -2.15. The highest BCUT2D eigenvalue weighted by Gasteiger charge is 2.22. The van der Waals surface area contributed by atoms with E-state index in [4.69, 9.17) is 18.9 Å². The third kappa shape index (κ3) is 3.21. The van der Waals surface area contributed by atoms with Crippen LogP contribution in [0.5, 0.6) is 17.2 Å². The van der Waals surface area contributed by atoms with E-state index < -0.39 is 0 Å². The molecule has 5 nitrogen and oxygen atoms in total. The number of phenolic OH excluding ortho intramolecular Hbond substituents is 1. The van der Waals surface area contributed by atoms with Crippen LogP contribution in [0.2, 0.25) is 0 Å². The van der Waals surface area contributed by atoms with Gasteiger partial charge < -0.3 is 24.1 Å². The Bertz CT molecular complexity index is 901. The molecule has 1 saturated heterocycles. The number of hydrogen-bond acceptors (Lipinski definition) is 5. The number of rotatable bonds is 7. The average molecular weight is 340 g/mol. The Morgan fingerprint density at radius 2 is 1.80 bits per heavy atom. The molecule has 1 aliphatic rings. The lowest BCUT2D eigenvalue weighted by molar-refractivity contribution is 0.0887. The van der Waals surface area contributed by atoms with Crippen LogP contribution in [-0.4, -0.2) is 44.7 Å². The predicted molar refractivity (Wildman–Crippen MR) is 95.7 cm³/mol. The molecule has 0 aliphatic carbocycles. The van der Waals surface area contributed by atoms with Crippen LogP contribution in [0.15, 0.2) is 42.5 Å². The van der Waals surface area contributed by atoms with Crippen molar-refractivity contribution in [2.45, 2.75) is 6.10 Å². The predicted octanol–water partition coefficient (Wildman–Crippen LogP) is 3.50. The second kappa shape index (κ2) is 6.78. The summed E-state index contributed by atoms with van der Waals surface area (Å²) >= 11 is 0. The number of aromatic hydroxyl groups is 1. The topological polar surface area (TPSA) is 60.5 Å². The Morgan fingerprint density at radius 1 is 1.04 bits per heavy atom.